The molecule has 19 heavy (non-hydrogen) atoms. The second-order valence-corrected chi connectivity index (χ2v) is 5.01. The number of anilines is 1. The standard InChI is InChI=1S/C14H21N3O2/c1-11(19)16-9-12-4-7-17(8-5-12)14-13(10-18)3-2-6-15-14/h2-3,6,12,18H,4-5,7-10H2,1H3,(H,16,19). The van der Waals surface area contributed by atoms with Gasteiger partial charge in [0, 0.05) is 38.3 Å². The SMILES string of the molecule is CC(=O)NCC1CCN(c2ncccc2CO)CC1. The van der Waals surface area contributed by atoms with Crippen molar-refractivity contribution in [3.63, 3.8) is 0 Å². The van der Waals surface area contributed by atoms with E-state index in [2.05, 4.69) is 15.2 Å². The van der Waals surface area contributed by atoms with Gasteiger partial charge >= 0.3 is 0 Å². The number of amides is 1. The van der Waals surface area contributed by atoms with Crippen molar-refractivity contribution in [3.05, 3.63) is 23.9 Å². The van der Waals surface area contributed by atoms with Crippen LogP contribution in [0.2, 0.25) is 0 Å². The van der Waals surface area contributed by atoms with Gasteiger partial charge in [0.05, 0.1) is 6.61 Å². The van der Waals surface area contributed by atoms with Crippen LogP contribution in [0.25, 0.3) is 0 Å². The Hall–Kier alpha value is -1.62. The molecule has 1 amide bonds. The maximum absolute atomic E-state index is 10.9. The fraction of sp³-hybridized carbons (Fsp3) is 0.571. The van der Waals surface area contributed by atoms with Gasteiger partial charge in [0.2, 0.25) is 5.91 Å². The van der Waals surface area contributed by atoms with Crippen LogP contribution in [0.5, 0.6) is 0 Å². The first-order valence-electron chi connectivity index (χ1n) is 6.75. The van der Waals surface area contributed by atoms with E-state index in [-0.39, 0.29) is 12.5 Å². The van der Waals surface area contributed by atoms with Gasteiger partial charge in [-0.05, 0) is 24.8 Å². The molecular weight excluding hydrogens is 242 g/mol. The number of rotatable bonds is 4. The van der Waals surface area contributed by atoms with Gasteiger partial charge in [-0.2, -0.15) is 0 Å². The van der Waals surface area contributed by atoms with Gasteiger partial charge in [-0.25, -0.2) is 4.98 Å². The highest BCUT2D eigenvalue weighted by atomic mass is 16.3. The van der Waals surface area contributed by atoms with Gasteiger partial charge in [-0.15, -0.1) is 0 Å². The normalized spacial score (nSPS) is 16.4. The van der Waals surface area contributed by atoms with Crippen LogP contribution in [0.4, 0.5) is 5.82 Å². The molecule has 104 valence electrons. The quantitative estimate of drug-likeness (QED) is 0.848. The van der Waals surface area contributed by atoms with Crippen molar-refractivity contribution in [1.29, 1.82) is 0 Å². The molecule has 0 spiro atoms. The lowest BCUT2D eigenvalue weighted by Crippen LogP contribution is -2.39. The molecule has 5 nitrogen and oxygen atoms in total. The number of aliphatic hydroxyl groups excluding tert-OH is 1. The summed E-state index contributed by atoms with van der Waals surface area (Å²) < 4.78 is 0. The zero-order valence-corrected chi connectivity index (χ0v) is 11.3. The lowest BCUT2D eigenvalue weighted by atomic mass is 9.96. The van der Waals surface area contributed by atoms with Crippen LogP contribution >= 0.6 is 0 Å². The summed E-state index contributed by atoms with van der Waals surface area (Å²) in [5.41, 5.74) is 0.878. The molecule has 1 fully saturated rings. The van der Waals surface area contributed by atoms with Crippen molar-refractivity contribution in [3.8, 4) is 0 Å². The van der Waals surface area contributed by atoms with Crippen LogP contribution in [0.1, 0.15) is 25.3 Å². The number of carbonyl (C=O) groups is 1. The highest BCUT2D eigenvalue weighted by Crippen LogP contribution is 2.24. The summed E-state index contributed by atoms with van der Waals surface area (Å²) in [5.74, 6) is 1.47. The third kappa shape index (κ3) is 3.67. The van der Waals surface area contributed by atoms with Crippen LogP contribution in [-0.4, -0.2) is 35.6 Å². The molecule has 5 heteroatoms. The van der Waals surface area contributed by atoms with Crippen LogP contribution in [0, 0.1) is 5.92 Å². The smallest absolute Gasteiger partial charge is 0.216 e. The molecule has 2 heterocycles. The van der Waals surface area contributed by atoms with E-state index < -0.39 is 0 Å². The third-order valence-corrected chi connectivity index (χ3v) is 3.59. The molecule has 0 unspecified atom stereocenters. The number of pyridine rings is 1. The number of aromatic nitrogens is 1. The van der Waals surface area contributed by atoms with Crippen molar-refractivity contribution >= 4 is 11.7 Å². The molecule has 2 rings (SSSR count). The fourth-order valence-electron chi connectivity index (χ4n) is 2.48. The molecular formula is C14H21N3O2. The van der Waals surface area contributed by atoms with Gasteiger partial charge in [0.15, 0.2) is 0 Å². The molecule has 0 aromatic carbocycles. The molecule has 0 aliphatic carbocycles. The summed E-state index contributed by atoms with van der Waals surface area (Å²) in [6, 6.07) is 3.75. The average Bonchev–Trinajstić information content (AvgIpc) is 2.45. The topological polar surface area (TPSA) is 65.5 Å². The Bertz CT molecular complexity index is 428. The van der Waals surface area contributed by atoms with E-state index in [1.807, 2.05) is 12.1 Å². The molecule has 1 aliphatic rings. The molecule has 0 bridgehead atoms. The van der Waals surface area contributed by atoms with Crippen LogP contribution in [0.3, 0.4) is 0 Å². The second kappa shape index (κ2) is 6.52. The van der Waals surface area contributed by atoms with Crippen molar-refractivity contribution in [2.75, 3.05) is 24.5 Å². The first-order valence-corrected chi connectivity index (χ1v) is 6.75. The average molecular weight is 263 g/mol. The summed E-state index contributed by atoms with van der Waals surface area (Å²) >= 11 is 0. The lowest BCUT2D eigenvalue weighted by molar-refractivity contribution is -0.119. The zero-order chi connectivity index (χ0) is 13.7. The van der Waals surface area contributed by atoms with Crippen molar-refractivity contribution in [2.24, 2.45) is 5.92 Å². The number of piperidine rings is 1. The Morgan fingerprint density at radius 3 is 2.89 bits per heavy atom. The Kier molecular flexibility index (Phi) is 4.74. The fourth-order valence-corrected chi connectivity index (χ4v) is 2.48. The summed E-state index contributed by atoms with van der Waals surface area (Å²) in [6.45, 7) is 4.19. The molecule has 0 radical (unpaired) electrons. The van der Waals surface area contributed by atoms with Gasteiger partial charge in [-0.3, -0.25) is 4.79 Å². The minimum atomic E-state index is 0.0228. The minimum Gasteiger partial charge on any atom is -0.392 e. The predicted octanol–water partition coefficient (Wildman–Crippen LogP) is 0.926. The molecule has 1 aromatic rings. The molecule has 2 N–H and O–H groups in total. The van der Waals surface area contributed by atoms with E-state index in [4.69, 9.17) is 0 Å². The lowest BCUT2D eigenvalue weighted by Gasteiger charge is -2.33. The molecule has 1 aromatic heterocycles. The Labute approximate surface area is 113 Å². The maximum atomic E-state index is 10.9. The Morgan fingerprint density at radius 1 is 1.53 bits per heavy atom. The highest BCUT2D eigenvalue weighted by Gasteiger charge is 2.21. The summed E-state index contributed by atoms with van der Waals surface area (Å²) in [6.07, 6.45) is 3.85. The first-order chi connectivity index (χ1) is 9.20. The Morgan fingerprint density at radius 2 is 2.26 bits per heavy atom. The third-order valence-electron chi connectivity index (χ3n) is 3.59. The van der Waals surface area contributed by atoms with Gasteiger partial charge in [-0.1, -0.05) is 6.07 Å². The van der Waals surface area contributed by atoms with Crippen molar-refractivity contribution in [1.82, 2.24) is 10.3 Å². The zero-order valence-electron chi connectivity index (χ0n) is 11.3. The minimum absolute atomic E-state index is 0.0228. The number of hydrogen-bond acceptors (Lipinski definition) is 4. The van der Waals surface area contributed by atoms with Gasteiger partial charge < -0.3 is 15.3 Å². The molecule has 0 saturated carbocycles. The first kappa shape index (κ1) is 13.8. The summed E-state index contributed by atoms with van der Waals surface area (Å²) in [7, 11) is 0. The van der Waals surface area contributed by atoms with Crippen molar-refractivity contribution in [2.45, 2.75) is 26.4 Å². The second-order valence-electron chi connectivity index (χ2n) is 5.01. The number of nitrogens with zero attached hydrogens (tertiary/aromatic N) is 2. The monoisotopic (exact) mass is 263 g/mol. The van der Waals surface area contributed by atoms with Gasteiger partial charge in [0.1, 0.15) is 5.82 Å². The van der Waals surface area contributed by atoms with E-state index in [0.29, 0.717) is 5.92 Å². The summed E-state index contributed by atoms with van der Waals surface area (Å²) in [4.78, 5) is 17.5. The van der Waals surface area contributed by atoms with Crippen molar-refractivity contribution < 1.29 is 9.90 Å². The van der Waals surface area contributed by atoms with E-state index >= 15 is 0 Å². The van der Waals surface area contributed by atoms with E-state index in [1.165, 1.54) is 0 Å². The maximum Gasteiger partial charge on any atom is 0.216 e. The largest absolute Gasteiger partial charge is 0.392 e. The molecule has 0 atom stereocenters. The van der Waals surface area contributed by atoms with Crippen LogP contribution in [0.15, 0.2) is 18.3 Å². The van der Waals surface area contributed by atoms with Crippen LogP contribution < -0.4 is 10.2 Å². The van der Waals surface area contributed by atoms with Crippen LogP contribution in [-0.2, 0) is 11.4 Å². The number of carbonyl (C=O) groups excluding carboxylic acids is 1. The van der Waals surface area contributed by atoms with E-state index in [0.717, 1.165) is 43.9 Å². The van der Waals surface area contributed by atoms with E-state index in [9.17, 15) is 9.90 Å². The highest BCUT2D eigenvalue weighted by molar-refractivity contribution is 5.72. The summed E-state index contributed by atoms with van der Waals surface area (Å²) in [5, 5.41) is 12.2. The Balaban J connectivity index is 1.90. The number of nitrogens with one attached hydrogen (secondary N) is 1. The molecule has 1 saturated heterocycles. The predicted molar refractivity (Wildman–Crippen MR) is 73.8 cm³/mol. The number of aliphatic hydroxyl groups is 1. The van der Waals surface area contributed by atoms with Gasteiger partial charge in [0.25, 0.3) is 0 Å². The molecule has 1 aliphatic heterocycles. The number of hydrogen-bond donors (Lipinski definition) is 2. The van der Waals surface area contributed by atoms with E-state index in [1.54, 1.807) is 13.1 Å².